The summed E-state index contributed by atoms with van der Waals surface area (Å²) < 4.78 is 38.4. The molecule has 0 fully saturated rings. The molecule has 1 aromatic heterocycles. The lowest BCUT2D eigenvalue weighted by Gasteiger charge is -2.11. The average molecular weight is 385 g/mol. The Balaban J connectivity index is 2.30. The average Bonchev–Trinajstić information content (AvgIpc) is 2.77. The van der Waals surface area contributed by atoms with Crippen molar-refractivity contribution in [2.24, 2.45) is 0 Å². The molecule has 2 rings (SSSR count). The van der Waals surface area contributed by atoms with E-state index in [2.05, 4.69) is 21.2 Å². The summed E-state index contributed by atoms with van der Waals surface area (Å²) in [5, 5.41) is 4.10. The Morgan fingerprint density at radius 2 is 2.00 bits per heavy atom. The maximum Gasteiger partial charge on any atom is 0.416 e. The SMILES string of the molecule is O=C(Nc1cc(C(F)(F)F)ccc1Cl)c1sccc1Br. The standard InChI is InChI=1S/C12H6BrClF3NOS/c13-7-3-4-20-10(7)11(19)18-9-5-6(12(15,16)17)1-2-8(9)14/h1-5H,(H,18,19). The van der Waals surface area contributed by atoms with Crippen molar-refractivity contribution in [1.82, 2.24) is 0 Å². The lowest BCUT2D eigenvalue weighted by Crippen LogP contribution is -2.12. The van der Waals surface area contributed by atoms with Gasteiger partial charge in [-0.3, -0.25) is 4.79 Å². The molecule has 0 bridgehead atoms. The Hall–Kier alpha value is -1.05. The Morgan fingerprint density at radius 1 is 1.30 bits per heavy atom. The zero-order valence-electron chi connectivity index (χ0n) is 9.59. The van der Waals surface area contributed by atoms with Crippen LogP contribution in [0.1, 0.15) is 15.2 Å². The van der Waals surface area contributed by atoms with Crippen LogP contribution >= 0.6 is 38.9 Å². The second-order valence-electron chi connectivity index (χ2n) is 3.74. The maximum atomic E-state index is 12.6. The quantitative estimate of drug-likeness (QED) is 0.734. The Bertz CT molecular complexity index is 656. The van der Waals surface area contributed by atoms with Crippen LogP contribution in [0.3, 0.4) is 0 Å². The van der Waals surface area contributed by atoms with E-state index in [1.165, 1.54) is 11.3 Å². The van der Waals surface area contributed by atoms with Gasteiger partial charge in [-0.2, -0.15) is 13.2 Å². The van der Waals surface area contributed by atoms with Gasteiger partial charge in [-0.1, -0.05) is 11.6 Å². The van der Waals surface area contributed by atoms with Crippen molar-refractivity contribution in [2.75, 3.05) is 5.32 Å². The Labute approximate surface area is 129 Å². The van der Waals surface area contributed by atoms with E-state index >= 15 is 0 Å². The molecule has 20 heavy (non-hydrogen) atoms. The number of carbonyl (C=O) groups excluding carboxylic acids is 1. The van der Waals surface area contributed by atoms with Gasteiger partial charge in [0.25, 0.3) is 5.91 Å². The molecule has 0 aliphatic carbocycles. The van der Waals surface area contributed by atoms with Crippen molar-refractivity contribution in [1.29, 1.82) is 0 Å². The summed E-state index contributed by atoms with van der Waals surface area (Å²) in [6.07, 6.45) is -4.49. The third-order valence-electron chi connectivity index (χ3n) is 2.37. The van der Waals surface area contributed by atoms with Crippen LogP contribution in [-0.4, -0.2) is 5.91 Å². The molecule has 1 N–H and O–H groups in total. The normalized spacial score (nSPS) is 11.4. The minimum Gasteiger partial charge on any atom is -0.320 e. The number of benzene rings is 1. The molecule has 2 aromatic rings. The lowest BCUT2D eigenvalue weighted by atomic mass is 10.2. The number of thiophene rings is 1. The summed E-state index contributed by atoms with van der Waals surface area (Å²) in [4.78, 5) is 12.3. The highest BCUT2D eigenvalue weighted by Gasteiger charge is 2.31. The first-order chi connectivity index (χ1) is 9.29. The van der Waals surface area contributed by atoms with Crippen molar-refractivity contribution < 1.29 is 18.0 Å². The van der Waals surface area contributed by atoms with E-state index in [0.717, 1.165) is 18.2 Å². The van der Waals surface area contributed by atoms with Crippen LogP contribution in [0.5, 0.6) is 0 Å². The zero-order valence-corrected chi connectivity index (χ0v) is 12.8. The summed E-state index contributed by atoms with van der Waals surface area (Å²) in [5.41, 5.74) is -0.950. The predicted molar refractivity (Wildman–Crippen MR) is 76.4 cm³/mol. The monoisotopic (exact) mass is 383 g/mol. The van der Waals surface area contributed by atoms with E-state index < -0.39 is 17.6 Å². The van der Waals surface area contributed by atoms with Crippen LogP contribution in [0.15, 0.2) is 34.1 Å². The maximum absolute atomic E-state index is 12.6. The summed E-state index contributed by atoms with van der Waals surface area (Å²) in [6.45, 7) is 0. The number of carbonyl (C=O) groups is 1. The minimum absolute atomic E-state index is 0.0408. The van der Waals surface area contributed by atoms with Crippen LogP contribution in [-0.2, 0) is 6.18 Å². The van der Waals surface area contributed by atoms with E-state index in [1.54, 1.807) is 11.4 Å². The third-order valence-corrected chi connectivity index (χ3v) is 4.53. The van der Waals surface area contributed by atoms with E-state index in [-0.39, 0.29) is 10.7 Å². The molecule has 1 amide bonds. The molecule has 0 radical (unpaired) electrons. The van der Waals surface area contributed by atoms with E-state index in [9.17, 15) is 18.0 Å². The van der Waals surface area contributed by atoms with Crippen molar-refractivity contribution in [3.8, 4) is 0 Å². The molecule has 8 heteroatoms. The van der Waals surface area contributed by atoms with E-state index in [0.29, 0.717) is 9.35 Å². The van der Waals surface area contributed by atoms with Gasteiger partial charge >= 0.3 is 6.18 Å². The van der Waals surface area contributed by atoms with Gasteiger partial charge in [0.15, 0.2) is 0 Å². The molecule has 1 aromatic carbocycles. The first-order valence-corrected chi connectivity index (χ1v) is 7.25. The minimum atomic E-state index is -4.49. The highest BCUT2D eigenvalue weighted by molar-refractivity contribution is 9.10. The Kier molecular flexibility index (Phi) is 4.41. The number of amides is 1. The van der Waals surface area contributed by atoms with Crippen molar-refractivity contribution in [2.45, 2.75) is 6.18 Å². The number of nitrogens with one attached hydrogen (secondary N) is 1. The number of anilines is 1. The summed E-state index contributed by atoms with van der Waals surface area (Å²) in [6, 6.07) is 4.44. The number of hydrogen-bond donors (Lipinski definition) is 1. The summed E-state index contributed by atoms with van der Waals surface area (Å²) in [5.74, 6) is -0.520. The van der Waals surface area contributed by atoms with Crippen LogP contribution in [0.4, 0.5) is 18.9 Å². The molecular formula is C12H6BrClF3NOS. The molecule has 0 saturated heterocycles. The number of hydrogen-bond acceptors (Lipinski definition) is 2. The van der Waals surface area contributed by atoms with Gasteiger partial charge in [-0.25, -0.2) is 0 Å². The van der Waals surface area contributed by atoms with Crippen LogP contribution in [0, 0.1) is 0 Å². The van der Waals surface area contributed by atoms with Gasteiger partial charge in [0.05, 0.1) is 16.3 Å². The van der Waals surface area contributed by atoms with Gasteiger partial charge in [-0.05, 0) is 45.6 Å². The number of halogens is 5. The summed E-state index contributed by atoms with van der Waals surface area (Å²) >= 11 is 10.2. The Morgan fingerprint density at radius 3 is 2.55 bits per heavy atom. The number of rotatable bonds is 2. The fourth-order valence-corrected chi connectivity index (χ4v) is 3.04. The van der Waals surface area contributed by atoms with Crippen LogP contribution in [0.2, 0.25) is 5.02 Å². The van der Waals surface area contributed by atoms with Crippen molar-refractivity contribution in [3.05, 3.63) is 49.6 Å². The molecule has 0 aliphatic heterocycles. The molecule has 0 spiro atoms. The second kappa shape index (κ2) is 5.75. The van der Waals surface area contributed by atoms with Crippen LogP contribution < -0.4 is 5.32 Å². The third kappa shape index (κ3) is 3.34. The van der Waals surface area contributed by atoms with Crippen molar-refractivity contribution >= 4 is 50.5 Å². The van der Waals surface area contributed by atoms with Gasteiger partial charge in [0, 0.05) is 4.47 Å². The van der Waals surface area contributed by atoms with E-state index in [1.807, 2.05) is 0 Å². The zero-order chi connectivity index (χ0) is 14.9. The molecule has 2 nitrogen and oxygen atoms in total. The van der Waals surface area contributed by atoms with Gasteiger partial charge in [0.1, 0.15) is 4.88 Å². The molecular weight excluding hydrogens is 379 g/mol. The molecule has 0 aliphatic rings. The predicted octanol–water partition coefficient (Wildman–Crippen LogP) is 5.44. The fraction of sp³-hybridized carbons (Fsp3) is 0.0833. The molecule has 0 atom stereocenters. The molecule has 106 valence electrons. The second-order valence-corrected chi connectivity index (χ2v) is 5.92. The highest BCUT2D eigenvalue weighted by Crippen LogP contribution is 2.34. The first-order valence-electron chi connectivity index (χ1n) is 5.20. The number of alkyl halides is 3. The van der Waals surface area contributed by atoms with Gasteiger partial charge in [0.2, 0.25) is 0 Å². The largest absolute Gasteiger partial charge is 0.416 e. The first kappa shape index (κ1) is 15.3. The molecule has 0 unspecified atom stereocenters. The smallest absolute Gasteiger partial charge is 0.320 e. The van der Waals surface area contributed by atoms with Crippen molar-refractivity contribution in [3.63, 3.8) is 0 Å². The lowest BCUT2D eigenvalue weighted by molar-refractivity contribution is -0.137. The topological polar surface area (TPSA) is 29.1 Å². The fourth-order valence-electron chi connectivity index (χ4n) is 1.43. The highest BCUT2D eigenvalue weighted by atomic mass is 79.9. The van der Waals surface area contributed by atoms with E-state index in [4.69, 9.17) is 11.6 Å². The van der Waals surface area contributed by atoms with Gasteiger partial charge in [-0.15, -0.1) is 11.3 Å². The molecule has 1 heterocycles. The molecule has 0 saturated carbocycles. The van der Waals surface area contributed by atoms with Crippen LogP contribution in [0.25, 0.3) is 0 Å². The summed E-state index contributed by atoms with van der Waals surface area (Å²) in [7, 11) is 0. The van der Waals surface area contributed by atoms with Gasteiger partial charge < -0.3 is 5.32 Å².